The Morgan fingerprint density at radius 3 is 2.43 bits per heavy atom. The fraction of sp³-hybridized carbons (Fsp3) is 0.588. The number of carbonyl (C=O) groups excluding carboxylic acids is 1. The molecule has 0 heterocycles. The molecule has 0 saturated heterocycles. The van der Waals surface area contributed by atoms with E-state index in [-0.39, 0.29) is 6.03 Å². The topological polar surface area (TPSA) is 53.2 Å². The Kier molecular flexibility index (Phi) is 5.62. The molecule has 3 N–H and O–H groups in total. The number of hydrogen-bond donors (Lipinski definition) is 3. The monoisotopic (exact) mass is 289 g/mol. The van der Waals surface area contributed by atoms with Crippen LogP contribution in [0.1, 0.15) is 51.6 Å². The fourth-order valence-corrected chi connectivity index (χ4v) is 2.14. The van der Waals surface area contributed by atoms with Crippen molar-refractivity contribution < 1.29 is 4.79 Å². The van der Waals surface area contributed by atoms with Gasteiger partial charge in [0.15, 0.2) is 0 Å². The van der Waals surface area contributed by atoms with E-state index in [4.69, 9.17) is 0 Å². The lowest BCUT2D eigenvalue weighted by molar-refractivity contribution is 0.251. The SMILES string of the molecule is CC(C)CCNC(C)c1ccc(NC(=O)NC2CC2)cc1. The maximum Gasteiger partial charge on any atom is 0.319 e. The van der Waals surface area contributed by atoms with E-state index < -0.39 is 0 Å². The van der Waals surface area contributed by atoms with E-state index >= 15 is 0 Å². The van der Waals surface area contributed by atoms with Gasteiger partial charge in [-0.1, -0.05) is 26.0 Å². The van der Waals surface area contributed by atoms with Gasteiger partial charge in [0.25, 0.3) is 0 Å². The van der Waals surface area contributed by atoms with Crippen LogP contribution in [0, 0.1) is 5.92 Å². The molecule has 0 aromatic heterocycles. The maximum atomic E-state index is 11.7. The van der Waals surface area contributed by atoms with Crippen molar-refractivity contribution in [3.8, 4) is 0 Å². The number of rotatable bonds is 7. The van der Waals surface area contributed by atoms with Gasteiger partial charge in [-0.3, -0.25) is 0 Å². The molecule has 4 heteroatoms. The summed E-state index contributed by atoms with van der Waals surface area (Å²) in [6.45, 7) is 7.67. The highest BCUT2D eigenvalue weighted by atomic mass is 16.2. The van der Waals surface area contributed by atoms with Crippen LogP contribution in [0.25, 0.3) is 0 Å². The number of anilines is 1. The quantitative estimate of drug-likeness (QED) is 0.717. The minimum atomic E-state index is -0.103. The molecule has 1 unspecified atom stereocenters. The first-order valence-electron chi connectivity index (χ1n) is 7.95. The molecule has 1 aliphatic carbocycles. The van der Waals surface area contributed by atoms with E-state index in [1.165, 1.54) is 12.0 Å². The molecule has 2 rings (SSSR count). The standard InChI is InChI=1S/C17H27N3O/c1-12(2)10-11-18-13(3)14-4-6-15(7-5-14)19-17(21)20-16-8-9-16/h4-7,12-13,16,18H,8-11H2,1-3H3,(H2,19,20,21). The third-order valence-corrected chi connectivity index (χ3v) is 3.75. The Labute approximate surface area is 127 Å². The molecular formula is C17H27N3O. The average molecular weight is 289 g/mol. The number of benzene rings is 1. The minimum Gasteiger partial charge on any atom is -0.335 e. The molecule has 1 atom stereocenters. The first-order chi connectivity index (χ1) is 10.0. The van der Waals surface area contributed by atoms with Gasteiger partial charge in [0.1, 0.15) is 0 Å². The molecule has 1 saturated carbocycles. The zero-order valence-corrected chi connectivity index (χ0v) is 13.3. The highest BCUT2D eigenvalue weighted by Gasteiger charge is 2.23. The normalized spacial score (nSPS) is 15.8. The third kappa shape index (κ3) is 5.76. The Balaban J connectivity index is 1.78. The summed E-state index contributed by atoms with van der Waals surface area (Å²) in [5, 5.41) is 9.31. The first-order valence-corrected chi connectivity index (χ1v) is 7.95. The highest BCUT2D eigenvalue weighted by molar-refractivity contribution is 5.89. The minimum absolute atomic E-state index is 0.103. The second-order valence-electron chi connectivity index (χ2n) is 6.35. The van der Waals surface area contributed by atoms with Crippen LogP contribution in [0.2, 0.25) is 0 Å². The van der Waals surface area contributed by atoms with Crippen LogP contribution in [-0.4, -0.2) is 18.6 Å². The predicted octanol–water partition coefficient (Wildman–Crippen LogP) is 3.67. The summed E-state index contributed by atoms with van der Waals surface area (Å²) in [6, 6.07) is 8.67. The van der Waals surface area contributed by atoms with Crippen LogP contribution >= 0.6 is 0 Å². The zero-order chi connectivity index (χ0) is 15.2. The van der Waals surface area contributed by atoms with Gasteiger partial charge in [0.05, 0.1) is 0 Å². The summed E-state index contributed by atoms with van der Waals surface area (Å²) < 4.78 is 0. The molecule has 116 valence electrons. The van der Waals surface area contributed by atoms with Crippen molar-refractivity contribution >= 4 is 11.7 Å². The Hall–Kier alpha value is -1.55. The second-order valence-corrected chi connectivity index (χ2v) is 6.35. The van der Waals surface area contributed by atoms with E-state index in [1.54, 1.807) is 0 Å². The molecule has 1 aliphatic rings. The Morgan fingerprint density at radius 2 is 1.86 bits per heavy atom. The lowest BCUT2D eigenvalue weighted by Gasteiger charge is -2.16. The summed E-state index contributed by atoms with van der Waals surface area (Å²) >= 11 is 0. The zero-order valence-electron chi connectivity index (χ0n) is 13.3. The molecule has 0 radical (unpaired) electrons. The van der Waals surface area contributed by atoms with E-state index in [2.05, 4.69) is 48.9 Å². The number of amides is 2. The van der Waals surface area contributed by atoms with Crippen molar-refractivity contribution in [2.24, 2.45) is 5.92 Å². The highest BCUT2D eigenvalue weighted by Crippen LogP contribution is 2.19. The number of carbonyl (C=O) groups is 1. The van der Waals surface area contributed by atoms with Gasteiger partial charge in [-0.05, 0) is 56.3 Å². The lowest BCUT2D eigenvalue weighted by atomic mass is 10.1. The van der Waals surface area contributed by atoms with Gasteiger partial charge in [-0.25, -0.2) is 4.79 Å². The molecule has 4 nitrogen and oxygen atoms in total. The van der Waals surface area contributed by atoms with Gasteiger partial charge in [-0.2, -0.15) is 0 Å². The van der Waals surface area contributed by atoms with E-state index in [0.717, 1.165) is 31.0 Å². The van der Waals surface area contributed by atoms with Crippen molar-refractivity contribution in [2.75, 3.05) is 11.9 Å². The van der Waals surface area contributed by atoms with E-state index in [0.29, 0.717) is 12.1 Å². The van der Waals surface area contributed by atoms with Crippen molar-refractivity contribution in [1.82, 2.24) is 10.6 Å². The number of nitrogens with one attached hydrogen (secondary N) is 3. The lowest BCUT2D eigenvalue weighted by Crippen LogP contribution is -2.30. The van der Waals surface area contributed by atoms with Gasteiger partial charge in [-0.15, -0.1) is 0 Å². The largest absolute Gasteiger partial charge is 0.335 e. The summed E-state index contributed by atoms with van der Waals surface area (Å²) in [6.07, 6.45) is 3.39. The van der Waals surface area contributed by atoms with Crippen LogP contribution in [0.4, 0.5) is 10.5 Å². The molecular weight excluding hydrogens is 262 g/mol. The summed E-state index contributed by atoms with van der Waals surface area (Å²) in [4.78, 5) is 11.7. The first kappa shape index (κ1) is 15.8. The maximum absolute atomic E-state index is 11.7. The van der Waals surface area contributed by atoms with Crippen molar-refractivity contribution in [2.45, 2.75) is 52.1 Å². The van der Waals surface area contributed by atoms with Crippen LogP contribution in [0.15, 0.2) is 24.3 Å². The second kappa shape index (κ2) is 7.46. The smallest absolute Gasteiger partial charge is 0.319 e. The van der Waals surface area contributed by atoms with Crippen molar-refractivity contribution in [3.63, 3.8) is 0 Å². The summed E-state index contributed by atoms with van der Waals surface area (Å²) in [7, 11) is 0. The summed E-state index contributed by atoms with van der Waals surface area (Å²) in [5.74, 6) is 0.723. The Bertz CT molecular complexity index is 452. The van der Waals surface area contributed by atoms with Crippen molar-refractivity contribution in [3.05, 3.63) is 29.8 Å². The van der Waals surface area contributed by atoms with Crippen LogP contribution < -0.4 is 16.0 Å². The molecule has 0 spiro atoms. The van der Waals surface area contributed by atoms with Crippen LogP contribution in [-0.2, 0) is 0 Å². The molecule has 2 amide bonds. The van der Waals surface area contributed by atoms with Crippen LogP contribution in [0.5, 0.6) is 0 Å². The predicted molar refractivity (Wildman–Crippen MR) is 87.5 cm³/mol. The number of urea groups is 1. The molecule has 1 fully saturated rings. The van der Waals surface area contributed by atoms with Crippen molar-refractivity contribution in [1.29, 1.82) is 0 Å². The van der Waals surface area contributed by atoms with E-state index in [1.807, 2.05) is 12.1 Å². The fourth-order valence-electron chi connectivity index (χ4n) is 2.14. The molecule has 0 aliphatic heterocycles. The molecule has 0 bridgehead atoms. The van der Waals surface area contributed by atoms with Gasteiger partial charge >= 0.3 is 6.03 Å². The molecule has 1 aromatic rings. The summed E-state index contributed by atoms with van der Waals surface area (Å²) in [5.41, 5.74) is 2.08. The van der Waals surface area contributed by atoms with Gasteiger partial charge < -0.3 is 16.0 Å². The number of hydrogen-bond acceptors (Lipinski definition) is 2. The van der Waals surface area contributed by atoms with Crippen LogP contribution in [0.3, 0.4) is 0 Å². The molecule has 21 heavy (non-hydrogen) atoms. The average Bonchev–Trinajstić information content (AvgIpc) is 3.22. The molecule has 1 aromatic carbocycles. The van der Waals surface area contributed by atoms with E-state index in [9.17, 15) is 4.79 Å². The van der Waals surface area contributed by atoms with Gasteiger partial charge in [0.2, 0.25) is 0 Å². The Morgan fingerprint density at radius 1 is 1.19 bits per heavy atom. The van der Waals surface area contributed by atoms with Gasteiger partial charge in [0, 0.05) is 17.8 Å². The third-order valence-electron chi connectivity index (χ3n) is 3.75.